The summed E-state index contributed by atoms with van der Waals surface area (Å²) in [5.41, 5.74) is 4.46. The van der Waals surface area contributed by atoms with E-state index in [0.29, 0.717) is 0 Å². The van der Waals surface area contributed by atoms with Crippen molar-refractivity contribution < 1.29 is 23.1 Å². The summed E-state index contributed by atoms with van der Waals surface area (Å²) in [5, 5.41) is 0.122. The molecule has 1 saturated carbocycles. The second kappa shape index (κ2) is 7.92. The van der Waals surface area contributed by atoms with Gasteiger partial charge in [-0.1, -0.05) is 11.6 Å². The van der Waals surface area contributed by atoms with E-state index in [1.54, 1.807) is 0 Å². The zero-order valence-corrected chi connectivity index (χ0v) is 16.6. The summed E-state index contributed by atoms with van der Waals surface area (Å²) in [7, 11) is 0. The Morgan fingerprint density at radius 1 is 1.03 bits per heavy atom. The zero-order valence-electron chi connectivity index (χ0n) is 15.9. The first kappa shape index (κ1) is 20.7. The van der Waals surface area contributed by atoms with Gasteiger partial charge in [-0.2, -0.15) is 0 Å². The second-order valence-corrected chi connectivity index (χ2v) is 7.35. The third kappa shape index (κ3) is 4.04. The highest BCUT2D eigenvalue weighted by molar-refractivity contribution is 6.29. The molecule has 2 aromatic carbocycles. The van der Waals surface area contributed by atoms with Crippen LogP contribution in [-0.2, 0) is 9.59 Å². The molecule has 3 aromatic rings. The van der Waals surface area contributed by atoms with Crippen LogP contribution in [-0.4, -0.2) is 21.8 Å². The molecule has 1 aliphatic rings. The number of primary amides is 1. The Labute approximate surface area is 180 Å². The van der Waals surface area contributed by atoms with E-state index in [4.69, 9.17) is 22.1 Å². The number of anilines is 2. The zero-order chi connectivity index (χ0) is 22.2. The molecule has 2 N–H and O–H groups in total. The fourth-order valence-electron chi connectivity index (χ4n) is 3.08. The largest absolute Gasteiger partial charge is 0.436 e. The van der Waals surface area contributed by atoms with Crippen molar-refractivity contribution in [3.63, 3.8) is 0 Å². The highest BCUT2D eigenvalue weighted by Crippen LogP contribution is 2.49. The first-order chi connectivity index (χ1) is 14.8. The standard InChI is InChI=1S/C21H15ClF2N4O3/c22-17-10-18(27-11-26-17)31-16-6-5-14(9-15(16)24)28(13-3-1-12(23)2-4-13)20(30)21(7-8-21)19(25)29/h1-6,9-11H,7-8H2,(H2,25,29). The van der Waals surface area contributed by atoms with Gasteiger partial charge >= 0.3 is 0 Å². The molecule has 7 nitrogen and oxygen atoms in total. The fraction of sp³-hybridized carbons (Fsp3) is 0.143. The van der Waals surface area contributed by atoms with Crippen LogP contribution in [0.4, 0.5) is 20.2 Å². The lowest BCUT2D eigenvalue weighted by atomic mass is 10.0. The van der Waals surface area contributed by atoms with Crippen LogP contribution < -0.4 is 15.4 Å². The van der Waals surface area contributed by atoms with Crippen LogP contribution in [0, 0.1) is 17.0 Å². The summed E-state index contributed by atoms with van der Waals surface area (Å²) < 4.78 is 33.6. The first-order valence-electron chi connectivity index (χ1n) is 9.15. The molecule has 10 heteroatoms. The van der Waals surface area contributed by atoms with Crippen LogP contribution in [0.1, 0.15) is 12.8 Å². The van der Waals surface area contributed by atoms with Gasteiger partial charge in [0.25, 0.3) is 0 Å². The topological polar surface area (TPSA) is 98.4 Å². The number of amides is 2. The Hall–Kier alpha value is -3.59. The molecule has 2 amide bonds. The van der Waals surface area contributed by atoms with E-state index >= 15 is 0 Å². The molecule has 31 heavy (non-hydrogen) atoms. The number of halogens is 3. The number of nitrogens with zero attached hydrogens (tertiary/aromatic N) is 3. The van der Waals surface area contributed by atoms with Crippen molar-refractivity contribution in [3.8, 4) is 11.6 Å². The van der Waals surface area contributed by atoms with Crippen molar-refractivity contribution in [2.24, 2.45) is 11.1 Å². The number of carbonyl (C=O) groups excluding carboxylic acids is 2. The highest BCUT2D eigenvalue weighted by Gasteiger charge is 2.57. The summed E-state index contributed by atoms with van der Waals surface area (Å²) in [6, 6.07) is 10.1. The Morgan fingerprint density at radius 2 is 1.71 bits per heavy atom. The molecule has 0 spiro atoms. The molecule has 1 heterocycles. The summed E-state index contributed by atoms with van der Waals surface area (Å²) in [6.45, 7) is 0. The Bertz CT molecular complexity index is 1170. The monoisotopic (exact) mass is 444 g/mol. The highest BCUT2D eigenvalue weighted by atomic mass is 35.5. The smallest absolute Gasteiger partial charge is 0.247 e. The molecule has 0 unspecified atom stereocenters. The summed E-state index contributed by atoms with van der Waals surface area (Å²) >= 11 is 5.77. The molecule has 1 aliphatic carbocycles. The van der Waals surface area contributed by atoms with Gasteiger partial charge < -0.3 is 10.5 Å². The molecule has 158 valence electrons. The third-order valence-electron chi connectivity index (χ3n) is 4.92. The van der Waals surface area contributed by atoms with Crippen molar-refractivity contribution in [2.75, 3.05) is 4.90 Å². The second-order valence-electron chi connectivity index (χ2n) is 6.96. The predicted octanol–water partition coefficient (Wildman–Crippen LogP) is 4.13. The minimum Gasteiger partial charge on any atom is -0.436 e. The van der Waals surface area contributed by atoms with Gasteiger partial charge in [0.1, 0.15) is 22.7 Å². The summed E-state index contributed by atoms with van der Waals surface area (Å²) in [5.74, 6) is -2.81. The van der Waals surface area contributed by atoms with Crippen molar-refractivity contribution in [2.45, 2.75) is 12.8 Å². The molecule has 1 aromatic heterocycles. The molecule has 0 atom stereocenters. The maximum Gasteiger partial charge on any atom is 0.247 e. The molecule has 0 radical (unpaired) electrons. The van der Waals surface area contributed by atoms with Crippen LogP contribution in [0.3, 0.4) is 0 Å². The van der Waals surface area contributed by atoms with Crippen LogP contribution in [0.25, 0.3) is 0 Å². The molecule has 0 saturated heterocycles. The van der Waals surface area contributed by atoms with E-state index < -0.39 is 28.9 Å². The van der Waals surface area contributed by atoms with Crippen molar-refractivity contribution in [1.82, 2.24) is 9.97 Å². The number of aromatic nitrogens is 2. The molecule has 0 aliphatic heterocycles. The van der Waals surface area contributed by atoms with Gasteiger partial charge in [0.2, 0.25) is 17.7 Å². The van der Waals surface area contributed by atoms with E-state index in [1.165, 1.54) is 30.3 Å². The summed E-state index contributed by atoms with van der Waals surface area (Å²) in [4.78, 5) is 33.8. The number of hydrogen-bond donors (Lipinski definition) is 1. The Morgan fingerprint density at radius 3 is 2.29 bits per heavy atom. The number of ether oxygens (including phenoxy) is 1. The number of hydrogen-bond acceptors (Lipinski definition) is 5. The van der Waals surface area contributed by atoms with E-state index in [0.717, 1.165) is 29.4 Å². The average molecular weight is 445 g/mol. The fourth-order valence-corrected chi connectivity index (χ4v) is 3.21. The minimum atomic E-state index is -1.36. The van der Waals surface area contributed by atoms with Crippen molar-refractivity contribution in [1.29, 1.82) is 0 Å². The van der Waals surface area contributed by atoms with Crippen LogP contribution in [0.2, 0.25) is 5.15 Å². The van der Waals surface area contributed by atoms with Gasteiger partial charge in [0, 0.05) is 17.8 Å². The predicted molar refractivity (Wildman–Crippen MR) is 108 cm³/mol. The van der Waals surface area contributed by atoms with Gasteiger partial charge in [-0.05, 0) is 49.2 Å². The minimum absolute atomic E-state index is 0.0313. The normalized spacial score (nSPS) is 14.0. The van der Waals surface area contributed by atoms with Gasteiger partial charge in [-0.3, -0.25) is 14.5 Å². The Balaban J connectivity index is 1.71. The van der Waals surface area contributed by atoms with Gasteiger partial charge in [-0.25, -0.2) is 18.7 Å². The molecule has 0 bridgehead atoms. The maximum absolute atomic E-state index is 14.8. The lowest BCUT2D eigenvalue weighted by Crippen LogP contribution is -2.41. The van der Waals surface area contributed by atoms with Crippen molar-refractivity contribution >= 4 is 34.8 Å². The van der Waals surface area contributed by atoms with Crippen LogP contribution in [0.5, 0.6) is 11.6 Å². The third-order valence-corrected chi connectivity index (χ3v) is 5.12. The van der Waals surface area contributed by atoms with E-state index in [2.05, 4.69) is 9.97 Å². The van der Waals surface area contributed by atoms with Gasteiger partial charge in [0.15, 0.2) is 11.6 Å². The summed E-state index contributed by atoms with van der Waals surface area (Å²) in [6.07, 6.45) is 1.74. The van der Waals surface area contributed by atoms with Crippen molar-refractivity contribution in [3.05, 3.63) is 71.6 Å². The molecular weight excluding hydrogens is 430 g/mol. The SMILES string of the molecule is NC(=O)C1(C(=O)N(c2ccc(F)cc2)c2ccc(Oc3cc(Cl)ncn3)c(F)c2)CC1. The molecule has 4 rings (SSSR count). The molecular formula is C21H15ClF2N4O3. The number of benzene rings is 2. The van der Waals surface area contributed by atoms with E-state index in [1.807, 2.05) is 0 Å². The van der Waals surface area contributed by atoms with Gasteiger partial charge in [0.05, 0.1) is 5.69 Å². The van der Waals surface area contributed by atoms with E-state index in [-0.39, 0.29) is 41.0 Å². The lowest BCUT2D eigenvalue weighted by Gasteiger charge is -2.26. The number of carbonyl (C=O) groups is 2. The number of nitrogens with two attached hydrogens (primary N) is 1. The maximum atomic E-state index is 14.8. The van der Waals surface area contributed by atoms with Crippen LogP contribution >= 0.6 is 11.6 Å². The average Bonchev–Trinajstić information content (AvgIpc) is 3.54. The van der Waals surface area contributed by atoms with Crippen LogP contribution in [0.15, 0.2) is 54.9 Å². The first-order valence-corrected chi connectivity index (χ1v) is 9.53. The Kier molecular flexibility index (Phi) is 5.28. The number of rotatable bonds is 6. The van der Waals surface area contributed by atoms with Gasteiger partial charge in [-0.15, -0.1) is 0 Å². The quantitative estimate of drug-likeness (QED) is 0.455. The van der Waals surface area contributed by atoms with E-state index in [9.17, 15) is 18.4 Å². The lowest BCUT2D eigenvalue weighted by molar-refractivity contribution is -0.133. The molecule has 1 fully saturated rings.